The Morgan fingerprint density at radius 2 is 2.25 bits per heavy atom. The lowest BCUT2D eigenvalue weighted by Gasteiger charge is -2.19. The highest BCUT2D eigenvalue weighted by Crippen LogP contribution is 2.20. The number of nitrogens with one attached hydrogen (secondary N) is 1. The van der Waals surface area contributed by atoms with Gasteiger partial charge in [-0.3, -0.25) is 14.6 Å². The third-order valence-electron chi connectivity index (χ3n) is 4.08. The molecule has 6 nitrogen and oxygen atoms in total. The van der Waals surface area contributed by atoms with Crippen LogP contribution in [-0.4, -0.2) is 40.8 Å². The molecule has 122 valence electrons. The Balaban J connectivity index is 1.74. The van der Waals surface area contributed by atoms with Gasteiger partial charge in [0.05, 0.1) is 23.7 Å². The standard InChI is InChI=1S/C17H15FN4O2/c18-13-4-1-5-14-16(13)12(6-7-20-14)17(24)21-10-15(23)22-8-2-3-11(22)9-19/h1,4-7,11H,2-3,8,10H2,(H,21,24). The fraction of sp³-hybridized carbons (Fsp3) is 0.294. The molecule has 1 aliphatic rings. The quantitative estimate of drug-likeness (QED) is 0.928. The van der Waals surface area contributed by atoms with Crippen LogP contribution >= 0.6 is 0 Å². The molecule has 0 bridgehead atoms. The second kappa shape index (κ2) is 6.62. The molecule has 1 aromatic carbocycles. The molecule has 2 heterocycles. The van der Waals surface area contributed by atoms with Gasteiger partial charge in [-0.15, -0.1) is 0 Å². The van der Waals surface area contributed by atoms with Crippen LogP contribution in [-0.2, 0) is 4.79 Å². The Morgan fingerprint density at radius 3 is 3.04 bits per heavy atom. The number of carbonyl (C=O) groups is 2. The number of fused-ring (bicyclic) bond motifs is 1. The first-order valence-electron chi connectivity index (χ1n) is 7.62. The number of benzene rings is 1. The third kappa shape index (κ3) is 2.91. The molecule has 0 aliphatic carbocycles. The Hall–Kier alpha value is -3.01. The van der Waals surface area contributed by atoms with Crippen molar-refractivity contribution in [3.05, 3.63) is 41.8 Å². The molecule has 0 saturated carbocycles. The SMILES string of the molecule is N#CC1CCCN1C(=O)CNC(=O)c1ccnc2cccc(F)c12. The zero-order chi connectivity index (χ0) is 17.1. The van der Waals surface area contributed by atoms with Crippen LogP contribution < -0.4 is 5.32 Å². The molecule has 2 aromatic rings. The lowest BCUT2D eigenvalue weighted by Crippen LogP contribution is -2.42. The van der Waals surface area contributed by atoms with Crippen molar-refractivity contribution in [2.24, 2.45) is 0 Å². The van der Waals surface area contributed by atoms with Crippen LogP contribution in [0.25, 0.3) is 10.9 Å². The van der Waals surface area contributed by atoms with Crippen molar-refractivity contribution in [1.82, 2.24) is 15.2 Å². The predicted octanol–water partition coefficient (Wildman–Crippen LogP) is 1.62. The molecule has 1 unspecified atom stereocenters. The number of likely N-dealkylation sites (tertiary alicyclic amines) is 1. The van der Waals surface area contributed by atoms with E-state index in [4.69, 9.17) is 5.26 Å². The highest BCUT2D eigenvalue weighted by Gasteiger charge is 2.28. The fourth-order valence-electron chi connectivity index (χ4n) is 2.90. The van der Waals surface area contributed by atoms with Crippen LogP contribution in [0, 0.1) is 17.1 Å². The third-order valence-corrected chi connectivity index (χ3v) is 4.08. The molecule has 1 fully saturated rings. The van der Waals surface area contributed by atoms with Gasteiger partial charge in [-0.1, -0.05) is 6.07 Å². The molecule has 1 saturated heterocycles. The number of amides is 2. The minimum Gasteiger partial charge on any atom is -0.343 e. The van der Waals surface area contributed by atoms with E-state index in [1.54, 1.807) is 6.07 Å². The molecule has 1 aromatic heterocycles. The number of pyridine rings is 1. The van der Waals surface area contributed by atoms with Gasteiger partial charge in [-0.2, -0.15) is 5.26 Å². The van der Waals surface area contributed by atoms with Crippen molar-refractivity contribution in [2.45, 2.75) is 18.9 Å². The van der Waals surface area contributed by atoms with E-state index in [1.165, 1.54) is 29.3 Å². The summed E-state index contributed by atoms with van der Waals surface area (Å²) in [6.07, 6.45) is 2.85. The molecule has 0 radical (unpaired) electrons. The Kier molecular flexibility index (Phi) is 4.38. The van der Waals surface area contributed by atoms with E-state index in [9.17, 15) is 14.0 Å². The van der Waals surface area contributed by atoms with Gasteiger partial charge < -0.3 is 10.2 Å². The van der Waals surface area contributed by atoms with Gasteiger partial charge >= 0.3 is 0 Å². The maximum absolute atomic E-state index is 14.0. The summed E-state index contributed by atoms with van der Waals surface area (Å²) < 4.78 is 14.0. The van der Waals surface area contributed by atoms with Gasteiger partial charge in [-0.25, -0.2) is 4.39 Å². The summed E-state index contributed by atoms with van der Waals surface area (Å²) in [4.78, 5) is 30.0. The van der Waals surface area contributed by atoms with Crippen LogP contribution in [0.1, 0.15) is 23.2 Å². The lowest BCUT2D eigenvalue weighted by atomic mass is 10.1. The Bertz CT molecular complexity index is 841. The summed E-state index contributed by atoms with van der Waals surface area (Å²) in [6.45, 7) is 0.287. The van der Waals surface area contributed by atoms with E-state index in [2.05, 4.69) is 16.4 Å². The van der Waals surface area contributed by atoms with Gasteiger partial charge in [0, 0.05) is 18.1 Å². The molecule has 2 amide bonds. The number of carbonyl (C=O) groups excluding carboxylic acids is 2. The summed E-state index contributed by atoms with van der Waals surface area (Å²) in [7, 11) is 0. The maximum Gasteiger partial charge on any atom is 0.252 e. The first kappa shape index (κ1) is 15.9. The van der Waals surface area contributed by atoms with Crippen LogP contribution in [0.4, 0.5) is 4.39 Å². The Morgan fingerprint density at radius 1 is 1.42 bits per heavy atom. The zero-order valence-electron chi connectivity index (χ0n) is 12.8. The van der Waals surface area contributed by atoms with Gasteiger partial charge in [0.15, 0.2) is 0 Å². The van der Waals surface area contributed by atoms with E-state index >= 15 is 0 Å². The van der Waals surface area contributed by atoms with E-state index in [0.717, 1.165) is 6.42 Å². The van der Waals surface area contributed by atoms with Crippen molar-refractivity contribution in [1.29, 1.82) is 5.26 Å². The number of hydrogen-bond acceptors (Lipinski definition) is 4. The topological polar surface area (TPSA) is 86.1 Å². The average Bonchev–Trinajstić information content (AvgIpc) is 3.08. The van der Waals surface area contributed by atoms with Crippen LogP contribution in [0.5, 0.6) is 0 Å². The lowest BCUT2D eigenvalue weighted by molar-refractivity contribution is -0.130. The summed E-state index contributed by atoms with van der Waals surface area (Å²) >= 11 is 0. The minimum absolute atomic E-state index is 0.126. The first-order chi connectivity index (χ1) is 11.6. The van der Waals surface area contributed by atoms with Gasteiger partial charge in [0.2, 0.25) is 5.91 Å². The van der Waals surface area contributed by atoms with Crippen molar-refractivity contribution < 1.29 is 14.0 Å². The number of aromatic nitrogens is 1. The largest absolute Gasteiger partial charge is 0.343 e. The van der Waals surface area contributed by atoms with Gasteiger partial charge in [0.25, 0.3) is 5.91 Å². The highest BCUT2D eigenvalue weighted by molar-refractivity contribution is 6.07. The van der Waals surface area contributed by atoms with Gasteiger partial charge in [-0.05, 0) is 31.0 Å². The number of halogens is 1. The number of rotatable bonds is 3. The normalized spacial score (nSPS) is 16.8. The Labute approximate surface area is 137 Å². The van der Waals surface area contributed by atoms with Crippen LogP contribution in [0.15, 0.2) is 30.5 Å². The molecule has 3 rings (SSSR count). The van der Waals surface area contributed by atoms with Crippen molar-refractivity contribution in [3.8, 4) is 6.07 Å². The van der Waals surface area contributed by atoms with Gasteiger partial charge in [0.1, 0.15) is 11.9 Å². The van der Waals surface area contributed by atoms with E-state index in [0.29, 0.717) is 18.5 Å². The molecular formula is C17H15FN4O2. The van der Waals surface area contributed by atoms with Crippen LogP contribution in [0.2, 0.25) is 0 Å². The molecule has 24 heavy (non-hydrogen) atoms. The van der Waals surface area contributed by atoms with Crippen LogP contribution in [0.3, 0.4) is 0 Å². The number of hydrogen-bond donors (Lipinski definition) is 1. The minimum atomic E-state index is -0.548. The molecule has 1 aliphatic heterocycles. The van der Waals surface area contributed by atoms with E-state index < -0.39 is 17.8 Å². The van der Waals surface area contributed by atoms with E-state index in [-0.39, 0.29) is 23.4 Å². The molecule has 1 atom stereocenters. The molecular weight excluding hydrogens is 311 g/mol. The monoisotopic (exact) mass is 326 g/mol. The molecule has 1 N–H and O–H groups in total. The summed E-state index contributed by atoms with van der Waals surface area (Å²) in [6, 6.07) is 7.45. The second-order valence-corrected chi connectivity index (χ2v) is 5.55. The average molecular weight is 326 g/mol. The smallest absolute Gasteiger partial charge is 0.252 e. The number of nitrogens with zero attached hydrogens (tertiary/aromatic N) is 3. The maximum atomic E-state index is 14.0. The summed E-state index contributed by atoms with van der Waals surface area (Å²) in [5.74, 6) is -1.40. The predicted molar refractivity (Wildman–Crippen MR) is 84.4 cm³/mol. The second-order valence-electron chi connectivity index (χ2n) is 5.55. The van der Waals surface area contributed by atoms with Crippen molar-refractivity contribution >= 4 is 22.7 Å². The van der Waals surface area contributed by atoms with Crippen molar-refractivity contribution in [3.63, 3.8) is 0 Å². The zero-order valence-corrected chi connectivity index (χ0v) is 12.8. The van der Waals surface area contributed by atoms with Crippen molar-refractivity contribution in [2.75, 3.05) is 13.1 Å². The molecule has 0 spiro atoms. The molecule has 7 heteroatoms. The highest BCUT2D eigenvalue weighted by atomic mass is 19.1. The fourth-order valence-corrected chi connectivity index (χ4v) is 2.90. The first-order valence-corrected chi connectivity index (χ1v) is 7.62. The summed E-state index contributed by atoms with van der Waals surface area (Å²) in [5.41, 5.74) is 0.502. The summed E-state index contributed by atoms with van der Waals surface area (Å²) in [5, 5.41) is 11.6. The van der Waals surface area contributed by atoms with E-state index in [1.807, 2.05) is 0 Å². The number of nitriles is 1.